The van der Waals surface area contributed by atoms with Crippen LogP contribution in [0, 0.1) is 6.92 Å². The zero-order valence-corrected chi connectivity index (χ0v) is 14.8. The summed E-state index contributed by atoms with van der Waals surface area (Å²) in [5.74, 6) is 0.654. The van der Waals surface area contributed by atoms with Crippen LogP contribution >= 0.6 is 23.4 Å². The molecule has 3 rings (SSSR count). The molecular formula is C17H16ClN3O2S. The van der Waals surface area contributed by atoms with Crippen LogP contribution in [-0.4, -0.2) is 28.2 Å². The number of nitrogens with one attached hydrogen (secondary N) is 1. The predicted octanol–water partition coefficient (Wildman–Crippen LogP) is 4.04. The zero-order valence-electron chi connectivity index (χ0n) is 13.2. The topological polar surface area (TPSA) is 55.6 Å². The Bertz CT molecular complexity index is 895. The van der Waals surface area contributed by atoms with E-state index in [2.05, 4.69) is 10.3 Å². The summed E-state index contributed by atoms with van der Waals surface area (Å²) in [7, 11) is 1.54. The summed E-state index contributed by atoms with van der Waals surface area (Å²) in [5.41, 5.74) is 2.48. The second-order valence-corrected chi connectivity index (χ2v) is 6.52. The monoisotopic (exact) mass is 361 g/mol. The van der Waals surface area contributed by atoms with Gasteiger partial charge in [-0.05, 0) is 30.7 Å². The van der Waals surface area contributed by atoms with Gasteiger partial charge in [-0.2, -0.15) is 0 Å². The zero-order chi connectivity index (χ0) is 17.1. The summed E-state index contributed by atoms with van der Waals surface area (Å²) in [6.45, 7) is 1.88. The van der Waals surface area contributed by atoms with Crippen molar-refractivity contribution in [3.05, 3.63) is 53.3 Å². The molecule has 3 aromatic rings. The van der Waals surface area contributed by atoms with Crippen LogP contribution in [0.25, 0.3) is 5.52 Å². The first-order valence-corrected chi connectivity index (χ1v) is 8.63. The first kappa shape index (κ1) is 16.7. The first-order chi connectivity index (χ1) is 11.6. The van der Waals surface area contributed by atoms with Gasteiger partial charge in [0.1, 0.15) is 5.75 Å². The number of anilines is 1. The third-order valence-corrected chi connectivity index (χ3v) is 4.87. The molecule has 2 heterocycles. The third kappa shape index (κ3) is 3.49. The van der Waals surface area contributed by atoms with Crippen molar-refractivity contribution in [2.24, 2.45) is 0 Å². The smallest absolute Gasteiger partial charge is 0.234 e. The van der Waals surface area contributed by atoms with Gasteiger partial charge in [0.2, 0.25) is 5.91 Å². The molecule has 1 aromatic carbocycles. The van der Waals surface area contributed by atoms with Crippen LogP contribution in [0.5, 0.6) is 5.75 Å². The van der Waals surface area contributed by atoms with Crippen LogP contribution < -0.4 is 10.1 Å². The van der Waals surface area contributed by atoms with Gasteiger partial charge in [0.15, 0.2) is 5.16 Å². The van der Waals surface area contributed by atoms with Crippen molar-refractivity contribution < 1.29 is 9.53 Å². The summed E-state index contributed by atoms with van der Waals surface area (Å²) < 4.78 is 7.22. The number of hydrogen-bond donors (Lipinski definition) is 1. The molecule has 0 fully saturated rings. The van der Waals surface area contributed by atoms with Crippen molar-refractivity contribution in [3.63, 3.8) is 0 Å². The minimum absolute atomic E-state index is 0.132. The number of pyridine rings is 1. The van der Waals surface area contributed by atoms with Crippen molar-refractivity contribution in [3.8, 4) is 5.75 Å². The number of ether oxygens (including phenoxy) is 1. The van der Waals surface area contributed by atoms with E-state index in [9.17, 15) is 4.79 Å². The lowest BCUT2D eigenvalue weighted by Crippen LogP contribution is -2.15. The van der Waals surface area contributed by atoms with Gasteiger partial charge in [0.25, 0.3) is 0 Å². The van der Waals surface area contributed by atoms with Crippen molar-refractivity contribution in [1.29, 1.82) is 0 Å². The lowest BCUT2D eigenvalue weighted by Gasteiger charge is -2.12. The first-order valence-electron chi connectivity index (χ1n) is 7.27. The quantitative estimate of drug-likeness (QED) is 0.697. The SMILES string of the molecule is COc1cc(Cl)c(C)cc1NC(=O)CSc1ncc2ccccn12. The number of benzene rings is 1. The number of hydrogen-bond acceptors (Lipinski definition) is 4. The fourth-order valence-electron chi connectivity index (χ4n) is 2.27. The molecular weight excluding hydrogens is 346 g/mol. The summed E-state index contributed by atoms with van der Waals surface area (Å²) in [4.78, 5) is 16.6. The number of aromatic nitrogens is 2. The molecule has 0 saturated carbocycles. The van der Waals surface area contributed by atoms with E-state index < -0.39 is 0 Å². The van der Waals surface area contributed by atoms with E-state index in [1.165, 1.54) is 11.8 Å². The molecule has 1 amide bonds. The Morgan fingerprint density at radius 3 is 3.04 bits per heavy atom. The van der Waals surface area contributed by atoms with Crippen molar-refractivity contribution in [1.82, 2.24) is 9.38 Å². The highest BCUT2D eigenvalue weighted by molar-refractivity contribution is 7.99. The molecule has 0 radical (unpaired) electrons. The number of halogens is 1. The minimum atomic E-state index is -0.132. The van der Waals surface area contributed by atoms with Gasteiger partial charge in [-0.3, -0.25) is 9.20 Å². The molecule has 0 aliphatic rings. The van der Waals surface area contributed by atoms with Gasteiger partial charge in [0, 0.05) is 17.3 Å². The Balaban J connectivity index is 1.69. The predicted molar refractivity (Wildman–Crippen MR) is 97.3 cm³/mol. The number of carbonyl (C=O) groups is 1. The van der Waals surface area contributed by atoms with E-state index >= 15 is 0 Å². The maximum Gasteiger partial charge on any atom is 0.234 e. The highest BCUT2D eigenvalue weighted by Crippen LogP contribution is 2.31. The van der Waals surface area contributed by atoms with Crippen LogP contribution in [0.15, 0.2) is 47.9 Å². The Kier molecular flexibility index (Phi) is 4.97. The summed E-state index contributed by atoms with van der Waals surface area (Å²) in [6, 6.07) is 9.35. The number of thioether (sulfide) groups is 1. The average Bonchev–Trinajstić information content (AvgIpc) is 2.99. The number of rotatable bonds is 5. The van der Waals surface area contributed by atoms with Gasteiger partial charge in [0.05, 0.1) is 30.3 Å². The molecule has 0 spiro atoms. The summed E-state index contributed by atoms with van der Waals surface area (Å²) in [5, 5.41) is 4.24. The fraction of sp³-hybridized carbons (Fsp3) is 0.176. The maximum atomic E-state index is 12.3. The van der Waals surface area contributed by atoms with E-state index in [0.29, 0.717) is 16.5 Å². The average molecular weight is 362 g/mol. The summed E-state index contributed by atoms with van der Waals surface area (Å²) >= 11 is 7.46. The molecule has 24 heavy (non-hydrogen) atoms. The normalized spacial score (nSPS) is 10.8. The lowest BCUT2D eigenvalue weighted by atomic mass is 10.2. The van der Waals surface area contributed by atoms with Gasteiger partial charge >= 0.3 is 0 Å². The van der Waals surface area contributed by atoms with Crippen molar-refractivity contribution in [2.45, 2.75) is 12.1 Å². The molecule has 0 atom stereocenters. The molecule has 0 bridgehead atoms. The maximum absolute atomic E-state index is 12.3. The number of amides is 1. The molecule has 0 saturated heterocycles. The lowest BCUT2D eigenvalue weighted by molar-refractivity contribution is -0.113. The Morgan fingerprint density at radius 2 is 2.25 bits per heavy atom. The molecule has 5 nitrogen and oxygen atoms in total. The number of nitrogens with zero attached hydrogens (tertiary/aromatic N) is 2. The fourth-order valence-corrected chi connectivity index (χ4v) is 3.19. The molecule has 2 aromatic heterocycles. The number of methoxy groups -OCH3 is 1. The highest BCUT2D eigenvalue weighted by Gasteiger charge is 2.12. The number of aryl methyl sites for hydroxylation is 1. The number of carbonyl (C=O) groups excluding carboxylic acids is 1. The van der Waals surface area contributed by atoms with Crippen LogP contribution in [0.3, 0.4) is 0 Å². The second kappa shape index (κ2) is 7.15. The van der Waals surface area contributed by atoms with E-state index in [-0.39, 0.29) is 11.7 Å². The number of imidazole rings is 1. The van der Waals surface area contributed by atoms with Gasteiger partial charge < -0.3 is 10.1 Å². The van der Waals surface area contributed by atoms with E-state index in [4.69, 9.17) is 16.3 Å². The van der Waals surface area contributed by atoms with Crippen LogP contribution in [0.2, 0.25) is 5.02 Å². The van der Waals surface area contributed by atoms with Crippen LogP contribution in [0.4, 0.5) is 5.69 Å². The van der Waals surface area contributed by atoms with Crippen molar-refractivity contribution >= 4 is 40.5 Å². The largest absolute Gasteiger partial charge is 0.495 e. The van der Waals surface area contributed by atoms with Gasteiger partial charge in [-0.15, -0.1) is 0 Å². The van der Waals surface area contributed by atoms with Gasteiger partial charge in [-0.1, -0.05) is 29.4 Å². The second-order valence-electron chi connectivity index (χ2n) is 5.17. The molecule has 7 heteroatoms. The Labute approximate surface area is 149 Å². The van der Waals surface area contributed by atoms with E-state index in [1.807, 2.05) is 35.7 Å². The molecule has 0 aliphatic carbocycles. The molecule has 0 aliphatic heterocycles. The molecule has 124 valence electrons. The van der Waals surface area contributed by atoms with Gasteiger partial charge in [-0.25, -0.2) is 4.98 Å². The van der Waals surface area contributed by atoms with Crippen LogP contribution in [-0.2, 0) is 4.79 Å². The van der Waals surface area contributed by atoms with E-state index in [0.717, 1.165) is 16.2 Å². The van der Waals surface area contributed by atoms with E-state index in [1.54, 1.807) is 25.4 Å². The standard InChI is InChI=1S/C17H16ClN3O2S/c1-11-7-14(15(23-2)8-13(11)18)20-16(22)10-24-17-19-9-12-5-3-4-6-21(12)17/h3-9H,10H2,1-2H3,(H,20,22). The molecule has 0 unspecified atom stereocenters. The minimum Gasteiger partial charge on any atom is -0.495 e. The molecule has 1 N–H and O–H groups in total. The Morgan fingerprint density at radius 1 is 1.42 bits per heavy atom. The summed E-state index contributed by atoms with van der Waals surface area (Å²) in [6.07, 6.45) is 3.71. The van der Waals surface area contributed by atoms with Crippen molar-refractivity contribution in [2.75, 3.05) is 18.2 Å². The Hall–Kier alpha value is -2.18. The van der Waals surface area contributed by atoms with Crippen LogP contribution in [0.1, 0.15) is 5.56 Å². The number of fused-ring (bicyclic) bond motifs is 1. The highest BCUT2D eigenvalue weighted by atomic mass is 35.5. The third-order valence-electron chi connectivity index (χ3n) is 3.49.